The minimum atomic E-state index is -0.562. The smallest absolute Gasteiger partial charge is 0.336 e. The third-order valence-electron chi connectivity index (χ3n) is 9.32. The molecule has 0 aliphatic carbocycles. The molecule has 0 radical (unpaired) electrons. The Hall–Kier alpha value is -1.73. The monoisotopic (exact) mass is 503 g/mol. The Morgan fingerprint density at radius 1 is 0.750 bits per heavy atom. The zero-order valence-corrected chi connectivity index (χ0v) is 24.7. The number of hydrogen-bond donors (Lipinski definition) is 0. The van der Waals surface area contributed by atoms with Gasteiger partial charge in [0.1, 0.15) is 12.2 Å². The van der Waals surface area contributed by atoms with Gasteiger partial charge in [-0.25, -0.2) is 4.79 Å². The fourth-order valence-electron chi connectivity index (χ4n) is 6.59. The molecule has 0 bridgehead atoms. The van der Waals surface area contributed by atoms with Crippen LogP contribution in [0.2, 0.25) is 0 Å². The van der Waals surface area contributed by atoms with Gasteiger partial charge < -0.3 is 9.47 Å². The van der Waals surface area contributed by atoms with E-state index in [9.17, 15) is 9.59 Å². The normalized spacial score (nSPS) is 29.0. The molecule has 0 aromatic heterocycles. The van der Waals surface area contributed by atoms with Crippen LogP contribution in [-0.2, 0) is 19.1 Å². The van der Waals surface area contributed by atoms with Gasteiger partial charge in [0.05, 0.1) is 11.5 Å². The Morgan fingerprint density at radius 2 is 1.14 bits per heavy atom. The maximum Gasteiger partial charge on any atom is 0.336 e. The summed E-state index contributed by atoms with van der Waals surface area (Å²) in [5.74, 6) is -1.21. The molecule has 204 valence electrons. The van der Waals surface area contributed by atoms with E-state index >= 15 is 0 Å². The largest absolute Gasteiger partial charge is 0.462 e. The van der Waals surface area contributed by atoms with Crippen molar-refractivity contribution >= 4 is 17.7 Å². The van der Waals surface area contributed by atoms with Gasteiger partial charge >= 0.3 is 11.9 Å². The number of nitrogens with zero attached hydrogens (tertiary/aromatic N) is 3. The van der Waals surface area contributed by atoms with Crippen molar-refractivity contribution in [1.82, 2.24) is 9.80 Å². The van der Waals surface area contributed by atoms with E-state index in [2.05, 4.69) is 84.3 Å². The second-order valence-electron chi connectivity index (χ2n) is 13.8. The lowest BCUT2D eigenvalue weighted by atomic mass is 9.78. The lowest BCUT2D eigenvalue weighted by molar-refractivity contribution is -0.161. The fourth-order valence-corrected chi connectivity index (χ4v) is 6.59. The van der Waals surface area contributed by atoms with Crippen molar-refractivity contribution < 1.29 is 19.1 Å². The first-order valence-corrected chi connectivity index (χ1v) is 13.4. The zero-order valence-electron chi connectivity index (χ0n) is 24.7. The maximum atomic E-state index is 13.4. The highest BCUT2D eigenvalue weighted by Gasteiger charge is 2.46. The molecule has 36 heavy (non-hydrogen) atoms. The third kappa shape index (κ3) is 5.72. The molecule has 3 aliphatic rings. The van der Waals surface area contributed by atoms with E-state index in [1.807, 2.05) is 13.8 Å². The first-order valence-electron chi connectivity index (χ1n) is 13.4. The number of carbonyl (C=O) groups is 2. The van der Waals surface area contributed by atoms with Crippen LogP contribution in [0.25, 0.3) is 0 Å². The summed E-state index contributed by atoms with van der Waals surface area (Å²) in [6, 6.07) is 0. The van der Waals surface area contributed by atoms with E-state index in [1.54, 1.807) is 0 Å². The van der Waals surface area contributed by atoms with Gasteiger partial charge in [0.15, 0.2) is 0 Å². The lowest BCUT2D eigenvalue weighted by Gasteiger charge is -2.53. The van der Waals surface area contributed by atoms with E-state index in [-0.39, 0.29) is 52.7 Å². The van der Waals surface area contributed by atoms with Crippen molar-refractivity contribution in [2.75, 3.05) is 14.1 Å². The number of likely N-dealkylation sites (tertiary alicyclic amines) is 2. The summed E-state index contributed by atoms with van der Waals surface area (Å²) in [5.41, 5.74) is 1.49. The van der Waals surface area contributed by atoms with Gasteiger partial charge in [-0.3, -0.25) is 19.6 Å². The molecular formula is C29H49N3O4. The Bertz CT molecular complexity index is 924. The van der Waals surface area contributed by atoms with Gasteiger partial charge in [0.25, 0.3) is 0 Å². The SMILES string of the molecule is CC1=NC(C)=C(C(=O)OC2CC(C)(C)N(C)C(C)(C)C2)CC1C(=O)OC1CC(C)(C)N(C)C(C)(C)C1. The molecule has 3 aliphatic heterocycles. The van der Waals surface area contributed by atoms with Gasteiger partial charge in [-0.15, -0.1) is 0 Å². The summed E-state index contributed by atoms with van der Waals surface area (Å²) in [6.45, 7) is 21.2. The van der Waals surface area contributed by atoms with Crippen molar-refractivity contribution in [3.63, 3.8) is 0 Å². The molecule has 0 aromatic carbocycles. The van der Waals surface area contributed by atoms with Crippen molar-refractivity contribution in [2.24, 2.45) is 10.9 Å². The molecule has 7 nitrogen and oxygen atoms in total. The van der Waals surface area contributed by atoms with Gasteiger partial charge in [0, 0.05) is 59.2 Å². The highest BCUT2D eigenvalue weighted by molar-refractivity contribution is 6.05. The van der Waals surface area contributed by atoms with Crippen LogP contribution in [0.5, 0.6) is 0 Å². The molecule has 7 heteroatoms. The number of piperidine rings is 2. The second kappa shape index (κ2) is 9.54. The minimum Gasteiger partial charge on any atom is -0.462 e. The van der Waals surface area contributed by atoms with E-state index in [0.29, 0.717) is 17.0 Å². The van der Waals surface area contributed by atoms with Crippen LogP contribution in [0.3, 0.4) is 0 Å². The van der Waals surface area contributed by atoms with Crippen molar-refractivity contribution in [3.05, 3.63) is 11.3 Å². The summed E-state index contributed by atoms with van der Waals surface area (Å²) in [6.07, 6.45) is 3.00. The molecule has 3 heterocycles. The number of ether oxygens (including phenoxy) is 2. The van der Waals surface area contributed by atoms with Crippen LogP contribution in [-0.4, -0.2) is 75.9 Å². The summed E-state index contributed by atoms with van der Waals surface area (Å²) in [7, 11) is 4.26. The van der Waals surface area contributed by atoms with E-state index in [4.69, 9.17) is 9.47 Å². The molecule has 0 aromatic rings. The van der Waals surface area contributed by atoms with Crippen LogP contribution in [0.15, 0.2) is 16.3 Å². The van der Waals surface area contributed by atoms with E-state index < -0.39 is 5.92 Å². The van der Waals surface area contributed by atoms with Gasteiger partial charge in [-0.05, 0) is 89.8 Å². The Balaban J connectivity index is 1.70. The van der Waals surface area contributed by atoms with Crippen molar-refractivity contribution in [3.8, 4) is 0 Å². The number of aliphatic imine (C=N–C) groups is 1. The van der Waals surface area contributed by atoms with Crippen LogP contribution < -0.4 is 0 Å². The van der Waals surface area contributed by atoms with Gasteiger partial charge in [0.2, 0.25) is 0 Å². The van der Waals surface area contributed by atoms with Crippen LogP contribution in [0, 0.1) is 5.92 Å². The number of allylic oxidation sites excluding steroid dienone is 1. The quantitative estimate of drug-likeness (QED) is 0.495. The molecule has 1 atom stereocenters. The summed E-state index contributed by atoms with van der Waals surface area (Å²) in [4.78, 5) is 36.0. The molecule has 0 spiro atoms. The molecule has 2 fully saturated rings. The Morgan fingerprint density at radius 3 is 1.56 bits per heavy atom. The number of rotatable bonds is 4. The minimum absolute atomic E-state index is 0.0799. The second-order valence-corrected chi connectivity index (χ2v) is 13.8. The third-order valence-corrected chi connectivity index (χ3v) is 9.32. The van der Waals surface area contributed by atoms with Crippen LogP contribution in [0.1, 0.15) is 101 Å². The highest BCUT2D eigenvalue weighted by Crippen LogP contribution is 2.40. The highest BCUT2D eigenvalue weighted by atomic mass is 16.5. The molecule has 0 amide bonds. The van der Waals surface area contributed by atoms with Crippen molar-refractivity contribution in [2.45, 2.75) is 136 Å². The van der Waals surface area contributed by atoms with Crippen LogP contribution in [0.4, 0.5) is 0 Å². The predicted molar refractivity (Wildman–Crippen MR) is 144 cm³/mol. The Labute approximate surface area is 218 Å². The first kappa shape index (κ1) is 28.8. The number of carbonyl (C=O) groups excluding carboxylic acids is 2. The fraction of sp³-hybridized carbons (Fsp3) is 0.828. The van der Waals surface area contributed by atoms with Crippen LogP contribution >= 0.6 is 0 Å². The molecule has 0 saturated carbocycles. The summed E-state index contributed by atoms with van der Waals surface area (Å²) >= 11 is 0. The average Bonchev–Trinajstić information content (AvgIpc) is 2.69. The van der Waals surface area contributed by atoms with Crippen molar-refractivity contribution in [1.29, 1.82) is 0 Å². The molecule has 1 unspecified atom stereocenters. The Kier molecular flexibility index (Phi) is 7.64. The predicted octanol–water partition coefficient (Wildman–Crippen LogP) is 5.13. The van der Waals surface area contributed by atoms with E-state index in [1.165, 1.54) is 0 Å². The lowest BCUT2D eigenvalue weighted by Crippen LogP contribution is -2.60. The standard InChI is InChI=1S/C29H49N3O4/c1-18-22(24(33)35-20-14-26(3,4)31(11)27(5,6)15-20)13-23(19(2)30-18)25(34)36-21-16-28(7,8)32(12)29(9,10)17-21/h20-22H,13-17H2,1-12H3. The molecule has 2 saturated heterocycles. The number of esters is 2. The summed E-state index contributed by atoms with van der Waals surface area (Å²) < 4.78 is 12.1. The zero-order chi connectivity index (χ0) is 27.4. The van der Waals surface area contributed by atoms with Gasteiger partial charge in [-0.1, -0.05) is 0 Å². The summed E-state index contributed by atoms with van der Waals surface area (Å²) in [5, 5.41) is 0. The average molecular weight is 504 g/mol. The first-order chi connectivity index (χ1) is 16.3. The topological polar surface area (TPSA) is 71.4 Å². The van der Waals surface area contributed by atoms with Gasteiger partial charge in [-0.2, -0.15) is 0 Å². The van der Waals surface area contributed by atoms with E-state index in [0.717, 1.165) is 25.7 Å². The maximum absolute atomic E-state index is 13.4. The molecule has 0 N–H and O–H groups in total. The number of hydrogen-bond acceptors (Lipinski definition) is 7. The molecular weight excluding hydrogens is 454 g/mol. The molecule has 3 rings (SSSR count).